The van der Waals surface area contributed by atoms with Gasteiger partial charge in [-0.05, 0) is 12.3 Å². The Morgan fingerprint density at radius 2 is 2.24 bits per heavy atom. The summed E-state index contributed by atoms with van der Waals surface area (Å²) in [6.07, 6.45) is 3.09. The second-order valence-electron chi connectivity index (χ2n) is 5.09. The molecule has 0 aliphatic heterocycles. The third kappa shape index (κ3) is 3.47. The zero-order valence-corrected chi connectivity index (χ0v) is 11.2. The zero-order valence-electron chi connectivity index (χ0n) is 11.2. The van der Waals surface area contributed by atoms with Crippen molar-refractivity contribution in [2.45, 2.75) is 33.7 Å². The molecule has 17 heavy (non-hydrogen) atoms. The number of alkyl carbamates (subject to hydrolysis) is 1. The van der Waals surface area contributed by atoms with E-state index in [2.05, 4.69) is 31.1 Å². The summed E-state index contributed by atoms with van der Waals surface area (Å²) < 4.78 is 6.83. The quantitative estimate of drug-likeness (QED) is 0.880. The van der Waals surface area contributed by atoms with Gasteiger partial charge in [-0.25, -0.2) is 9.78 Å². The van der Waals surface area contributed by atoms with Crippen molar-refractivity contribution in [3.05, 3.63) is 18.2 Å². The minimum Gasteiger partial charge on any atom is -0.450 e. The standard InChI is InChI=1S/C12H21N3O2/c1-6-17-11(16)14-10(12(2,3)4)9-7-13-8-15(9)5/h7-8,10H,6H2,1-5H3,(H,14,16). The van der Waals surface area contributed by atoms with Gasteiger partial charge in [0.25, 0.3) is 0 Å². The topological polar surface area (TPSA) is 56.1 Å². The monoisotopic (exact) mass is 239 g/mol. The maximum absolute atomic E-state index is 11.5. The predicted molar refractivity (Wildman–Crippen MR) is 65.6 cm³/mol. The lowest BCUT2D eigenvalue weighted by Gasteiger charge is -2.31. The average molecular weight is 239 g/mol. The molecule has 5 nitrogen and oxygen atoms in total. The van der Waals surface area contributed by atoms with Crippen molar-refractivity contribution in [2.75, 3.05) is 6.61 Å². The number of hydrogen-bond acceptors (Lipinski definition) is 3. The smallest absolute Gasteiger partial charge is 0.407 e. The molecule has 96 valence electrons. The fraction of sp³-hybridized carbons (Fsp3) is 0.667. The first kappa shape index (κ1) is 13.5. The van der Waals surface area contributed by atoms with Crippen LogP contribution in [0.2, 0.25) is 0 Å². The Labute approximate surface area is 102 Å². The van der Waals surface area contributed by atoms with Crippen LogP contribution in [0.1, 0.15) is 39.4 Å². The van der Waals surface area contributed by atoms with Gasteiger partial charge in [0, 0.05) is 7.05 Å². The summed E-state index contributed by atoms with van der Waals surface area (Å²) >= 11 is 0. The summed E-state index contributed by atoms with van der Waals surface area (Å²) in [5.41, 5.74) is 0.853. The molecule has 0 aliphatic carbocycles. The second-order valence-corrected chi connectivity index (χ2v) is 5.09. The summed E-state index contributed by atoms with van der Waals surface area (Å²) in [7, 11) is 1.91. The van der Waals surface area contributed by atoms with Crippen LogP contribution < -0.4 is 5.32 Å². The van der Waals surface area contributed by atoms with Gasteiger partial charge in [-0.2, -0.15) is 0 Å². The molecule has 1 amide bonds. The molecule has 0 fully saturated rings. The van der Waals surface area contributed by atoms with Crippen molar-refractivity contribution >= 4 is 6.09 Å². The van der Waals surface area contributed by atoms with Crippen LogP contribution in [-0.2, 0) is 11.8 Å². The van der Waals surface area contributed by atoms with Gasteiger partial charge in [0.2, 0.25) is 0 Å². The number of aryl methyl sites for hydroxylation is 1. The number of carbonyl (C=O) groups excluding carboxylic acids is 1. The molecule has 0 aliphatic rings. The first-order valence-electron chi connectivity index (χ1n) is 5.75. The van der Waals surface area contributed by atoms with Gasteiger partial charge >= 0.3 is 6.09 Å². The highest BCUT2D eigenvalue weighted by molar-refractivity contribution is 5.67. The number of aromatic nitrogens is 2. The van der Waals surface area contributed by atoms with Gasteiger partial charge in [-0.15, -0.1) is 0 Å². The van der Waals surface area contributed by atoms with E-state index in [-0.39, 0.29) is 11.5 Å². The molecule has 0 saturated heterocycles. The van der Waals surface area contributed by atoms with Gasteiger partial charge in [0.05, 0.1) is 30.9 Å². The molecule has 0 saturated carbocycles. The van der Waals surface area contributed by atoms with Crippen LogP contribution in [0, 0.1) is 5.41 Å². The van der Waals surface area contributed by atoms with E-state index >= 15 is 0 Å². The highest BCUT2D eigenvalue weighted by atomic mass is 16.5. The van der Waals surface area contributed by atoms with Crippen LogP contribution in [0.4, 0.5) is 4.79 Å². The highest BCUT2D eigenvalue weighted by Gasteiger charge is 2.30. The largest absolute Gasteiger partial charge is 0.450 e. The third-order valence-corrected chi connectivity index (χ3v) is 2.55. The van der Waals surface area contributed by atoms with E-state index in [9.17, 15) is 4.79 Å². The van der Waals surface area contributed by atoms with E-state index in [0.717, 1.165) is 5.69 Å². The summed E-state index contributed by atoms with van der Waals surface area (Å²) in [5, 5.41) is 2.88. The minimum absolute atomic E-state index is 0.111. The number of nitrogens with zero attached hydrogens (tertiary/aromatic N) is 2. The first-order chi connectivity index (χ1) is 7.86. The van der Waals surface area contributed by atoms with E-state index in [0.29, 0.717) is 6.61 Å². The lowest BCUT2D eigenvalue weighted by molar-refractivity contribution is 0.136. The number of carbonyl (C=O) groups is 1. The zero-order chi connectivity index (χ0) is 13.1. The van der Waals surface area contributed by atoms with Crippen molar-refractivity contribution < 1.29 is 9.53 Å². The van der Waals surface area contributed by atoms with E-state index in [1.165, 1.54) is 0 Å². The maximum Gasteiger partial charge on any atom is 0.407 e. The van der Waals surface area contributed by atoms with Crippen LogP contribution >= 0.6 is 0 Å². The first-order valence-corrected chi connectivity index (χ1v) is 5.75. The molecule has 1 atom stereocenters. The number of rotatable bonds is 3. The Morgan fingerprint density at radius 1 is 1.59 bits per heavy atom. The number of hydrogen-bond donors (Lipinski definition) is 1. The fourth-order valence-corrected chi connectivity index (χ4v) is 1.67. The van der Waals surface area contributed by atoms with Crippen molar-refractivity contribution in [2.24, 2.45) is 12.5 Å². The number of amides is 1. The molecule has 1 rings (SSSR count). The molecule has 1 unspecified atom stereocenters. The van der Waals surface area contributed by atoms with Crippen molar-refractivity contribution in [1.82, 2.24) is 14.9 Å². The summed E-state index contributed by atoms with van der Waals surface area (Å²) in [5.74, 6) is 0. The molecule has 0 bridgehead atoms. The predicted octanol–water partition coefficient (Wildman–Crippen LogP) is 2.25. The fourth-order valence-electron chi connectivity index (χ4n) is 1.67. The van der Waals surface area contributed by atoms with E-state index in [1.54, 1.807) is 19.4 Å². The molecule has 1 aromatic rings. The molecule has 0 aromatic carbocycles. The van der Waals surface area contributed by atoms with Gasteiger partial charge in [-0.3, -0.25) is 0 Å². The van der Waals surface area contributed by atoms with Crippen molar-refractivity contribution in [3.63, 3.8) is 0 Å². The molecule has 1 heterocycles. The molecule has 5 heteroatoms. The average Bonchev–Trinajstić information content (AvgIpc) is 2.59. The van der Waals surface area contributed by atoms with E-state index < -0.39 is 6.09 Å². The summed E-state index contributed by atoms with van der Waals surface area (Å²) in [6.45, 7) is 8.36. The molecule has 0 radical (unpaired) electrons. The van der Waals surface area contributed by atoms with Gasteiger partial charge in [0.15, 0.2) is 0 Å². The summed E-state index contributed by atoms with van der Waals surface area (Å²) in [4.78, 5) is 15.6. The normalized spacial score (nSPS) is 13.2. The molecule has 1 N–H and O–H groups in total. The van der Waals surface area contributed by atoms with Crippen LogP contribution in [0.5, 0.6) is 0 Å². The Bertz CT molecular complexity index is 379. The number of nitrogens with one attached hydrogen (secondary N) is 1. The van der Waals surface area contributed by atoms with Gasteiger partial charge < -0.3 is 14.6 Å². The lowest BCUT2D eigenvalue weighted by atomic mass is 9.85. The SMILES string of the molecule is CCOC(=O)NC(c1cncn1C)C(C)(C)C. The van der Waals surface area contributed by atoms with Gasteiger partial charge in [-0.1, -0.05) is 20.8 Å². The number of ether oxygens (including phenoxy) is 1. The highest BCUT2D eigenvalue weighted by Crippen LogP contribution is 2.32. The van der Waals surface area contributed by atoms with Crippen molar-refractivity contribution in [3.8, 4) is 0 Å². The third-order valence-electron chi connectivity index (χ3n) is 2.55. The van der Waals surface area contributed by atoms with Gasteiger partial charge in [0.1, 0.15) is 0 Å². The van der Waals surface area contributed by atoms with Crippen LogP contribution in [-0.4, -0.2) is 22.3 Å². The minimum atomic E-state index is -0.395. The Kier molecular flexibility index (Phi) is 4.15. The lowest BCUT2D eigenvalue weighted by Crippen LogP contribution is -2.38. The molecule has 0 spiro atoms. The molecular formula is C12H21N3O2. The molecular weight excluding hydrogens is 218 g/mol. The van der Waals surface area contributed by atoms with Crippen molar-refractivity contribution in [1.29, 1.82) is 0 Å². The second kappa shape index (κ2) is 5.21. The van der Waals surface area contributed by atoms with Crippen LogP contribution in [0.25, 0.3) is 0 Å². The Hall–Kier alpha value is -1.52. The maximum atomic E-state index is 11.5. The summed E-state index contributed by atoms with van der Waals surface area (Å²) in [6, 6.07) is -0.131. The molecule has 1 aromatic heterocycles. The Balaban J connectivity index is 2.90. The Morgan fingerprint density at radius 3 is 2.65 bits per heavy atom. The number of imidazole rings is 1. The van der Waals surface area contributed by atoms with Crippen LogP contribution in [0.15, 0.2) is 12.5 Å². The van der Waals surface area contributed by atoms with E-state index in [1.807, 2.05) is 11.6 Å². The van der Waals surface area contributed by atoms with E-state index in [4.69, 9.17) is 4.74 Å². The van der Waals surface area contributed by atoms with Crippen LogP contribution in [0.3, 0.4) is 0 Å².